The Labute approximate surface area is 205 Å². The van der Waals surface area contributed by atoms with Crippen molar-refractivity contribution in [1.82, 2.24) is 10.2 Å². The van der Waals surface area contributed by atoms with Crippen molar-refractivity contribution in [2.24, 2.45) is 0 Å². The molecule has 0 saturated carbocycles. The zero-order valence-corrected chi connectivity index (χ0v) is 20.1. The molecule has 1 N–H and O–H groups in total. The number of halogens is 2. The van der Waals surface area contributed by atoms with Gasteiger partial charge in [0.25, 0.3) is 0 Å². The van der Waals surface area contributed by atoms with Gasteiger partial charge in [-0.15, -0.1) is 0 Å². The number of benzene rings is 3. The Hall–Kier alpha value is -2.82. The molecule has 0 saturated heterocycles. The van der Waals surface area contributed by atoms with Crippen LogP contribution in [0.2, 0.25) is 10.0 Å². The van der Waals surface area contributed by atoms with Crippen molar-refractivity contribution in [1.29, 1.82) is 0 Å². The quantitative estimate of drug-likeness (QED) is 0.402. The van der Waals surface area contributed by atoms with Crippen LogP contribution in [0.5, 0.6) is 0 Å². The highest BCUT2D eigenvalue weighted by molar-refractivity contribution is 6.31. The third kappa shape index (κ3) is 7.08. The van der Waals surface area contributed by atoms with Gasteiger partial charge in [0.1, 0.15) is 6.04 Å². The van der Waals surface area contributed by atoms with Gasteiger partial charge >= 0.3 is 0 Å². The molecular formula is C27H28Cl2N2O2. The van der Waals surface area contributed by atoms with E-state index in [1.165, 1.54) is 0 Å². The highest BCUT2D eigenvalue weighted by atomic mass is 35.5. The third-order valence-corrected chi connectivity index (χ3v) is 6.22. The molecule has 0 unspecified atom stereocenters. The van der Waals surface area contributed by atoms with Crippen molar-refractivity contribution in [3.05, 3.63) is 106 Å². The number of carbonyl (C=O) groups excluding carboxylic acids is 2. The van der Waals surface area contributed by atoms with Crippen LogP contribution in [0.4, 0.5) is 0 Å². The summed E-state index contributed by atoms with van der Waals surface area (Å²) in [6.45, 7) is 2.60. The molecule has 0 aliphatic heterocycles. The maximum Gasteiger partial charge on any atom is 0.243 e. The lowest BCUT2D eigenvalue weighted by Crippen LogP contribution is -2.50. The monoisotopic (exact) mass is 482 g/mol. The second-order valence-corrected chi connectivity index (χ2v) is 8.62. The van der Waals surface area contributed by atoms with E-state index in [2.05, 4.69) is 5.32 Å². The zero-order valence-electron chi connectivity index (χ0n) is 18.6. The first-order chi connectivity index (χ1) is 16.0. The number of carbonyl (C=O) groups is 2. The topological polar surface area (TPSA) is 49.4 Å². The lowest BCUT2D eigenvalue weighted by molar-refractivity contribution is -0.141. The Balaban J connectivity index is 1.91. The molecule has 0 aliphatic rings. The van der Waals surface area contributed by atoms with Crippen molar-refractivity contribution in [2.75, 3.05) is 6.54 Å². The van der Waals surface area contributed by atoms with Crippen LogP contribution < -0.4 is 5.32 Å². The normalized spacial score (nSPS) is 11.6. The predicted octanol–water partition coefficient (Wildman–Crippen LogP) is 5.70. The standard InChI is InChI=1S/C27H28Cl2N2O2/c1-2-30-27(33)25(18-20-10-4-3-5-11-20)31(19-22-13-7-9-15-24(22)29)26(32)17-16-21-12-6-8-14-23(21)28/h3-15,25H,2,16-19H2,1H3,(H,30,33)/t25-/m0/s1. The fourth-order valence-corrected chi connectivity index (χ4v) is 4.17. The Kier molecular flexibility index (Phi) is 9.35. The van der Waals surface area contributed by atoms with Crippen LogP contribution in [0.15, 0.2) is 78.9 Å². The second-order valence-electron chi connectivity index (χ2n) is 7.80. The molecule has 0 bridgehead atoms. The molecule has 3 aromatic carbocycles. The molecule has 0 fully saturated rings. The Morgan fingerprint density at radius 2 is 1.42 bits per heavy atom. The van der Waals surface area contributed by atoms with E-state index in [1.807, 2.05) is 79.7 Å². The summed E-state index contributed by atoms with van der Waals surface area (Å²) in [5.74, 6) is -0.304. The maximum absolute atomic E-state index is 13.5. The summed E-state index contributed by atoms with van der Waals surface area (Å²) in [6.07, 6.45) is 1.14. The lowest BCUT2D eigenvalue weighted by Gasteiger charge is -2.32. The van der Waals surface area contributed by atoms with Crippen molar-refractivity contribution < 1.29 is 9.59 Å². The zero-order chi connectivity index (χ0) is 23.6. The fourth-order valence-electron chi connectivity index (χ4n) is 3.74. The summed E-state index contributed by atoms with van der Waals surface area (Å²) >= 11 is 12.7. The SMILES string of the molecule is CCNC(=O)[C@H](Cc1ccccc1)N(Cc1ccccc1Cl)C(=O)CCc1ccccc1Cl. The maximum atomic E-state index is 13.5. The van der Waals surface area contributed by atoms with E-state index in [1.54, 1.807) is 11.0 Å². The molecular weight excluding hydrogens is 455 g/mol. The molecule has 2 amide bonds. The van der Waals surface area contributed by atoms with Crippen LogP contribution in [0.3, 0.4) is 0 Å². The number of aryl methyl sites for hydroxylation is 1. The summed E-state index contributed by atoms with van der Waals surface area (Å²) in [6, 6.07) is 24.0. The van der Waals surface area contributed by atoms with Crippen LogP contribution in [-0.4, -0.2) is 29.3 Å². The average molecular weight is 483 g/mol. The summed E-state index contributed by atoms with van der Waals surface area (Å²) in [7, 11) is 0. The third-order valence-electron chi connectivity index (χ3n) is 5.49. The number of nitrogens with zero attached hydrogens (tertiary/aromatic N) is 1. The number of likely N-dealkylation sites (N-methyl/N-ethyl adjacent to an activating group) is 1. The molecule has 172 valence electrons. The summed E-state index contributed by atoms with van der Waals surface area (Å²) in [5, 5.41) is 4.10. The highest BCUT2D eigenvalue weighted by Crippen LogP contribution is 2.22. The van der Waals surface area contributed by atoms with E-state index >= 15 is 0 Å². The second kappa shape index (κ2) is 12.4. The summed E-state index contributed by atoms with van der Waals surface area (Å²) in [4.78, 5) is 28.3. The number of nitrogens with one attached hydrogen (secondary N) is 1. The smallest absolute Gasteiger partial charge is 0.243 e. The Morgan fingerprint density at radius 3 is 2.03 bits per heavy atom. The first-order valence-corrected chi connectivity index (χ1v) is 11.8. The molecule has 6 heteroatoms. The van der Waals surface area contributed by atoms with Crippen LogP contribution in [0.1, 0.15) is 30.0 Å². The van der Waals surface area contributed by atoms with Gasteiger partial charge in [-0.05, 0) is 42.2 Å². The minimum atomic E-state index is -0.664. The molecule has 4 nitrogen and oxygen atoms in total. The van der Waals surface area contributed by atoms with Gasteiger partial charge in [-0.2, -0.15) is 0 Å². The van der Waals surface area contributed by atoms with Gasteiger partial charge in [0.2, 0.25) is 11.8 Å². The molecule has 33 heavy (non-hydrogen) atoms. The van der Waals surface area contributed by atoms with E-state index in [9.17, 15) is 9.59 Å². The van der Waals surface area contributed by atoms with Gasteiger partial charge in [-0.1, -0.05) is 89.9 Å². The van der Waals surface area contributed by atoms with Crippen molar-refractivity contribution >= 4 is 35.0 Å². The molecule has 3 rings (SSSR count). The Morgan fingerprint density at radius 1 is 0.848 bits per heavy atom. The van der Waals surface area contributed by atoms with Crippen molar-refractivity contribution in [2.45, 2.75) is 38.8 Å². The molecule has 0 aliphatic carbocycles. The first-order valence-electron chi connectivity index (χ1n) is 11.1. The van der Waals surface area contributed by atoms with E-state index in [-0.39, 0.29) is 24.8 Å². The fraction of sp³-hybridized carbons (Fsp3) is 0.259. The van der Waals surface area contributed by atoms with Crippen molar-refractivity contribution in [3.8, 4) is 0 Å². The lowest BCUT2D eigenvalue weighted by atomic mass is 10.0. The van der Waals surface area contributed by atoms with Gasteiger partial charge in [0, 0.05) is 36.0 Å². The van der Waals surface area contributed by atoms with Crippen LogP contribution >= 0.6 is 23.2 Å². The minimum Gasteiger partial charge on any atom is -0.355 e. The van der Waals surface area contributed by atoms with E-state index in [4.69, 9.17) is 23.2 Å². The van der Waals surface area contributed by atoms with Gasteiger partial charge < -0.3 is 10.2 Å². The van der Waals surface area contributed by atoms with Crippen LogP contribution in [0.25, 0.3) is 0 Å². The predicted molar refractivity (Wildman–Crippen MR) is 134 cm³/mol. The summed E-state index contributed by atoms with van der Waals surface area (Å²) in [5.41, 5.74) is 2.69. The minimum absolute atomic E-state index is 0.123. The largest absolute Gasteiger partial charge is 0.355 e. The number of hydrogen-bond donors (Lipinski definition) is 1. The van der Waals surface area contributed by atoms with E-state index in [0.29, 0.717) is 29.4 Å². The molecule has 1 atom stereocenters. The first kappa shape index (κ1) is 24.8. The van der Waals surface area contributed by atoms with Gasteiger partial charge in [-0.25, -0.2) is 0 Å². The van der Waals surface area contributed by atoms with Gasteiger partial charge in [-0.3, -0.25) is 9.59 Å². The van der Waals surface area contributed by atoms with Gasteiger partial charge in [0.15, 0.2) is 0 Å². The average Bonchev–Trinajstić information content (AvgIpc) is 2.82. The highest BCUT2D eigenvalue weighted by Gasteiger charge is 2.30. The molecule has 0 aromatic heterocycles. The van der Waals surface area contributed by atoms with Crippen LogP contribution in [0, 0.1) is 0 Å². The van der Waals surface area contributed by atoms with E-state index < -0.39 is 6.04 Å². The molecule has 0 radical (unpaired) electrons. The molecule has 0 heterocycles. The van der Waals surface area contributed by atoms with Crippen molar-refractivity contribution in [3.63, 3.8) is 0 Å². The molecule has 0 spiro atoms. The van der Waals surface area contributed by atoms with E-state index in [0.717, 1.165) is 16.7 Å². The van der Waals surface area contributed by atoms with Gasteiger partial charge in [0.05, 0.1) is 0 Å². The Bertz CT molecular complexity index is 1070. The number of hydrogen-bond acceptors (Lipinski definition) is 2. The summed E-state index contributed by atoms with van der Waals surface area (Å²) < 4.78 is 0. The number of amides is 2. The van der Waals surface area contributed by atoms with Crippen LogP contribution in [-0.2, 0) is 29.0 Å². The number of rotatable bonds is 10. The molecule has 3 aromatic rings.